The van der Waals surface area contributed by atoms with Crippen molar-refractivity contribution in [3.8, 4) is 0 Å². The SMILES string of the molecule is CC(C)SC(=S)[S-].[K+]. The number of hydrogen-bond acceptors (Lipinski definition) is 3. The summed E-state index contributed by atoms with van der Waals surface area (Å²) >= 11 is 10.9. The summed E-state index contributed by atoms with van der Waals surface area (Å²) in [5.74, 6) is 0. The summed E-state index contributed by atoms with van der Waals surface area (Å²) < 4.78 is 0.620. The molecule has 0 atom stereocenters. The van der Waals surface area contributed by atoms with E-state index in [1.54, 1.807) is 11.8 Å². The molecule has 0 nitrogen and oxygen atoms in total. The van der Waals surface area contributed by atoms with Crippen LogP contribution in [0, 0.1) is 0 Å². The number of thioether (sulfide) groups is 1. The molecule has 4 heteroatoms. The normalized spacial score (nSPS) is 8.38. The van der Waals surface area contributed by atoms with Crippen LogP contribution in [0.15, 0.2) is 0 Å². The first-order chi connectivity index (χ1) is 3.13. The van der Waals surface area contributed by atoms with Crippen molar-refractivity contribution in [3.63, 3.8) is 0 Å². The van der Waals surface area contributed by atoms with Crippen LogP contribution in [0.2, 0.25) is 0 Å². The standard InChI is InChI=1S/C4H8S3.K/c1-3(2)7-4(5)6;/h3H,1-2H3,(H,5,6);/q;+1/p-1. The second-order valence-electron chi connectivity index (χ2n) is 1.42. The van der Waals surface area contributed by atoms with E-state index in [0.717, 1.165) is 0 Å². The molecule has 0 fully saturated rings. The Labute approximate surface area is 108 Å². The molecule has 0 saturated carbocycles. The zero-order valence-corrected chi connectivity index (χ0v) is 10.9. The first-order valence-electron chi connectivity index (χ1n) is 2.00. The smallest absolute Gasteiger partial charge is 0.422 e. The minimum Gasteiger partial charge on any atom is -0.422 e. The van der Waals surface area contributed by atoms with Crippen molar-refractivity contribution in [1.82, 2.24) is 0 Å². The van der Waals surface area contributed by atoms with Crippen LogP contribution in [0.5, 0.6) is 0 Å². The largest absolute Gasteiger partial charge is 1.00 e. The van der Waals surface area contributed by atoms with Crippen LogP contribution >= 0.6 is 24.0 Å². The van der Waals surface area contributed by atoms with Gasteiger partial charge >= 0.3 is 51.4 Å². The first-order valence-corrected chi connectivity index (χ1v) is 3.70. The number of thiocarbonyl (C=S) groups is 1. The van der Waals surface area contributed by atoms with Gasteiger partial charge in [0.25, 0.3) is 0 Å². The molecular weight excluding hydrogens is 183 g/mol. The molecule has 0 aromatic rings. The molecule has 0 spiro atoms. The molecule has 0 saturated heterocycles. The fraction of sp³-hybridized carbons (Fsp3) is 0.750. The van der Waals surface area contributed by atoms with Gasteiger partial charge < -0.3 is 24.8 Å². The van der Waals surface area contributed by atoms with Crippen LogP contribution in [0.25, 0.3) is 0 Å². The molecule has 0 heterocycles. The molecule has 0 N–H and O–H groups in total. The number of hydrogen-bond donors (Lipinski definition) is 0. The van der Waals surface area contributed by atoms with Crippen molar-refractivity contribution in [3.05, 3.63) is 0 Å². The van der Waals surface area contributed by atoms with Gasteiger partial charge in [-0.15, -0.1) is 11.8 Å². The Kier molecular flexibility index (Phi) is 12.0. The van der Waals surface area contributed by atoms with E-state index in [0.29, 0.717) is 8.78 Å². The van der Waals surface area contributed by atoms with E-state index in [4.69, 9.17) is 0 Å². The maximum atomic E-state index is 4.65. The summed E-state index contributed by atoms with van der Waals surface area (Å²) in [4.78, 5) is 0. The fourth-order valence-corrected chi connectivity index (χ4v) is 1.73. The van der Waals surface area contributed by atoms with E-state index >= 15 is 0 Å². The molecular formula is C4H7KS3. The Morgan fingerprint density at radius 1 is 1.62 bits per heavy atom. The van der Waals surface area contributed by atoms with Crippen molar-refractivity contribution >= 4 is 40.1 Å². The maximum absolute atomic E-state index is 4.65. The van der Waals surface area contributed by atoms with Gasteiger partial charge in [0.05, 0.1) is 0 Å². The molecule has 0 aromatic heterocycles. The van der Waals surface area contributed by atoms with E-state index in [9.17, 15) is 0 Å². The van der Waals surface area contributed by atoms with E-state index in [2.05, 4.69) is 38.7 Å². The molecule has 0 radical (unpaired) electrons. The molecule has 0 amide bonds. The summed E-state index contributed by atoms with van der Waals surface area (Å²) in [7, 11) is 0. The molecule has 0 rings (SSSR count). The van der Waals surface area contributed by atoms with Crippen molar-refractivity contribution < 1.29 is 51.4 Å². The predicted octanol–water partition coefficient (Wildman–Crippen LogP) is -1.04. The Morgan fingerprint density at radius 2 is 2.00 bits per heavy atom. The van der Waals surface area contributed by atoms with Gasteiger partial charge in [-0.05, 0) is 0 Å². The second kappa shape index (κ2) is 7.40. The van der Waals surface area contributed by atoms with Crippen LogP contribution in [-0.4, -0.2) is 8.78 Å². The van der Waals surface area contributed by atoms with Gasteiger partial charge in [0.2, 0.25) is 0 Å². The van der Waals surface area contributed by atoms with Gasteiger partial charge in [-0.3, -0.25) is 0 Å². The van der Waals surface area contributed by atoms with Crippen LogP contribution in [0.4, 0.5) is 0 Å². The molecule has 8 heavy (non-hydrogen) atoms. The summed E-state index contributed by atoms with van der Waals surface area (Å²) in [6.07, 6.45) is 0. The van der Waals surface area contributed by atoms with Gasteiger partial charge in [-0.1, -0.05) is 17.4 Å². The quantitative estimate of drug-likeness (QED) is 0.295. The first kappa shape index (κ1) is 12.9. The van der Waals surface area contributed by atoms with E-state index in [1.807, 2.05) is 0 Å². The van der Waals surface area contributed by atoms with Crippen LogP contribution in [0.1, 0.15) is 13.8 Å². The Hall–Kier alpha value is 2.30. The number of rotatable bonds is 1. The fourth-order valence-electron chi connectivity index (χ4n) is 0.192. The van der Waals surface area contributed by atoms with Crippen molar-refractivity contribution in [1.29, 1.82) is 0 Å². The summed E-state index contributed by atoms with van der Waals surface area (Å²) in [6.45, 7) is 4.15. The zero-order chi connectivity index (χ0) is 5.86. The minimum absolute atomic E-state index is 0. The molecule has 0 bridgehead atoms. The molecule has 42 valence electrons. The Morgan fingerprint density at radius 3 is 2.00 bits per heavy atom. The van der Waals surface area contributed by atoms with Gasteiger partial charge in [-0.2, -0.15) is 0 Å². The average molecular weight is 190 g/mol. The van der Waals surface area contributed by atoms with E-state index in [1.165, 1.54) is 0 Å². The van der Waals surface area contributed by atoms with E-state index < -0.39 is 0 Å². The van der Waals surface area contributed by atoms with E-state index in [-0.39, 0.29) is 51.4 Å². The maximum Gasteiger partial charge on any atom is 1.00 e. The molecule has 0 aliphatic rings. The Bertz CT molecular complexity index is 71.7. The van der Waals surface area contributed by atoms with Crippen molar-refractivity contribution in [2.75, 3.05) is 0 Å². The summed E-state index contributed by atoms with van der Waals surface area (Å²) in [5, 5.41) is 0.546. The molecule has 0 unspecified atom stereocenters. The minimum atomic E-state index is 0. The molecule has 0 aliphatic carbocycles. The summed E-state index contributed by atoms with van der Waals surface area (Å²) in [5.41, 5.74) is 0. The topological polar surface area (TPSA) is 0 Å². The van der Waals surface area contributed by atoms with Gasteiger partial charge in [0.1, 0.15) is 0 Å². The molecule has 0 aromatic carbocycles. The van der Waals surface area contributed by atoms with Gasteiger partial charge in [0, 0.05) is 5.25 Å². The van der Waals surface area contributed by atoms with Crippen LogP contribution in [-0.2, 0) is 12.6 Å². The third-order valence-corrected chi connectivity index (χ3v) is 1.57. The van der Waals surface area contributed by atoms with Crippen molar-refractivity contribution in [2.45, 2.75) is 19.1 Å². The third kappa shape index (κ3) is 11.1. The van der Waals surface area contributed by atoms with Gasteiger partial charge in [-0.25, -0.2) is 0 Å². The molecule has 0 aliphatic heterocycles. The average Bonchev–Trinajstić information content (AvgIpc) is 1.27. The van der Waals surface area contributed by atoms with Crippen LogP contribution < -0.4 is 51.4 Å². The Balaban J connectivity index is 0. The summed E-state index contributed by atoms with van der Waals surface area (Å²) in [6, 6.07) is 0. The second-order valence-corrected chi connectivity index (χ2v) is 4.60. The van der Waals surface area contributed by atoms with Crippen molar-refractivity contribution in [2.24, 2.45) is 0 Å². The zero-order valence-electron chi connectivity index (χ0n) is 5.30. The third-order valence-electron chi connectivity index (χ3n) is 0.332. The van der Waals surface area contributed by atoms with Gasteiger partial charge in [0.15, 0.2) is 0 Å². The van der Waals surface area contributed by atoms with Crippen LogP contribution in [0.3, 0.4) is 0 Å². The monoisotopic (exact) mass is 190 g/mol. The predicted molar refractivity (Wildman–Crippen MR) is 42.7 cm³/mol.